The minimum Gasteiger partial charge on any atom is -0.316 e. The van der Waals surface area contributed by atoms with Gasteiger partial charge in [-0.2, -0.15) is 0 Å². The summed E-state index contributed by atoms with van der Waals surface area (Å²) < 4.78 is 39.6. The average Bonchev–Trinajstić information content (AvgIpc) is 2.45. The number of hydrogen-bond donors (Lipinski definition) is 1. The van der Waals surface area contributed by atoms with Gasteiger partial charge in [-0.15, -0.1) is 0 Å². The predicted octanol–water partition coefficient (Wildman–Crippen LogP) is 3.07. The van der Waals surface area contributed by atoms with Crippen molar-refractivity contribution in [2.75, 3.05) is 26.2 Å². The maximum absolute atomic E-state index is 13.3. The average molecular weight is 298 g/mol. The van der Waals surface area contributed by atoms with Crippen LogP contribution in [0.15, 0.2) is 12.1 Å². The molecule has 0 bridgehead atoms. The molecule has 0 radical (unpaired) electrons. The van der Waals surface area contributed by atoms with Crippen LogP contribution in [0.25, 0.3) is 0 Å². The van der Waals surface area contributed by atoms with Crippen molar-refractivity contribution in [3.63, 3.8) is 0 Å². The third kappa shape index (κ3) is 3.24. The fraction of sp³-hybridized carbons (Fsp3) is 0.625. The summed E-state index contributed by atoms with van der Waals surface area (Å²) in [5.41, 5.74) is 0.806. The predicted molar refractivity (Wildman–Crippen MR) is 75.4 cm³/mol. The van der Waals surface area contributed by atoms with Crippen LogP contribution in [0, 0.1) is 22.9 Å². The lowest BCUT2D eigenvalue weighted by Gasteiger charge is -2.45. The number of likely N-dealkylation sites (tertiary alicyclic amines) is 1. The summed E-state index contributed by atoms with van der Waals surface area (Å²) in [5, 5.41) is 3.46. The molecule has 2 saturated heterocycles. The SMILES string of the molecule is Fc1cc(CN2CCCC3(CCCNC3)C2)cc(F)c1F. The second kappa shape index (κ2) is 5.97. The molecule has 3 rings (SSSR count). The molecule has 1 atom stereocenters. The molecule has 2 fully saturated rings. The van der Waals surface area contributed by atoms with E-state index in [4.69, 9.17) is 0 Å². The molecule has 0 aliphatic carbocycles. The summed E-state index contributed by atoms with van der Waals surface area (Å²) in [6.45, 7) is 4.46. The van der Waals surface area contributed by atoms with Gasteiger partial charge in [0.05, 0.1) is 0 Å². The Morgan fingerprint density at radius 2 is 1.81 bits per heavy atom. The van der Waals surface area contributed by atoms with Crippen molar-refractivity contribution < 1.29 is 13.2 Å². The zero-order valence-electron chi connectivity index (χ0n) is 12.1. The van der Waals surface area contributed by atoms with Gasteiger partial charge < -0.3 is 5.32 Å². The number of benzene rings is 1. The molecule has 2 aliphatic rings. The van der Waals surface area contributed by atoms with E-state index in [-0.39, 0.29) is 0 Å². The van der Waals surface area contributed by atoms with E-state index in [0.29, 0.717) is 17.5 Å². The van der Waals surface area contributed by atoms with Gasteiger partial charge in [-0.25, -0.2) is 13.2 Å². The zero-order valence-corrected chi connectivity index (χ0v) is 12.1. The second-order valence-corrected chi connectivity index (χ2v) is 6.47. The minimum absolute atomic E-state index is 0.299. The minimum atomic E-state index is -1.38. The first-order valence-corrected chi connectivity index (χ1v) is 7.65. The molecule has 1 unspecified atom stereocenters. The molecular formula is C16H21F3N2. The fourth-order valence-corrected chi connectivity index (χ4v) is 3.78. The monoisotopic (exact) mass is 298 g/mol. The fourth-order valence-electron chi connectivity index (χ4n) is 3.78. The van der Waals surface area contributed by atoms with E-state index >= 15 is 0 Å². The molecule has 2 nitrogen and oxygen atoms in total. The molecule has 5 heteroatoms. The van der Waals surface area contributed by atoms with Gasteiger partial charge in [-0.05, 0) is 61.9 Å². The summed E-state index contributed by atoms with van der Waals surface area (Å²) >= 11 is 0. The Kier molecular flexibility index (Phi) is 4.22. The molecule has 0 aromatic heterocycles. The second-order valence-electron chi connectivity index (χ2n) is 6.47. The number of halogens is 3. The third-order valence-corrected chi connectivity index (χ3v) is 4.75. The number of nitrogens with zero attached hydrogens (tertiary/aromatic N) is 1. The van der Waals surface area contributed by atoms with Crippen molar-refractivity contribution in [3.05, 3.63) is 35.1 Å². The van der Waals surface area contributed by atoms with Crippen LogP contribution < -0.4 is 5.32 Å². The molecule has 1 N–H and O–H groups in total. The first kappa shape index (κ1) is 14.9. The lowest BCUT2D eigenvalue weighted by Crippen LogP contribution is -2.50. The first-order chi connectivity index (χ1) is 10.1. The summed E-state index contributed by atoms with van der Waals surface area (Å²) in [4.78, 5) is 2.24. The largest absolute Gasteiger partial charge is 0.316 e. The quantitative estimate of drug-likeness (QED) is 0.844. The lowest BCUT2D eigenvalue weighted by atomic mass is 9.74. The Balaban J connectivity index is 1.70. The number of piperidine rings is 2. The third-order valence-electron chi connectivity index (χ3n) is 4.75. The van der Waals surface area contributed by atoms with Crippen LogP contribution in [-0.2, 0) is 6.54 Å². The number of nitrogens with one attached hydrogen (secondary N) is 1. The van der Waals surface area contributed by atoms with Crippen molar-refractivity contribution in [2.45, 2.75) is 32.2 Å². The number of hydrogen-bond acceptors (Lipinski definition) is 2. The summed E-state index contributed by atoms with van der Waals surface area (Å²) in [6.07, 6.45) is 4.72. The summed E-state index contributed by atoms with van der Waals surface area (Å²) in [7, 11) is 0. The topological polar surface area (TPSA) is 15.3 Å². The van der Waals surface area contributed by atoms with Crippen LogP contribution >= 0.6 is 0 Å². The molecule has 2 aliphatic heterocycles. The van der Waals surface area contributed by atoms with E-state index in [9.17, 15) is 13.2 Å². The van der Waals surface area contributed by atoms with Gasteiger partial charge in [-0.1, -0.05) is 0 Å². The van der Waals surface area contributed by atoms with Gasteiger partial charge in [0.1, 0.15) is 0 Å². The highest BCUT2D eigenvalue weighted by Crippen LogP contribution is 2.36. The van der Waals surface area contributed by atoms with Crippen molar-refractivity contribution in [2.24, 2.45) is 5.41 Å². The first-order valence-electron chi connectivity index (χ1n) is 7.65. The Labute approximate surface area is 123 Å². The molecule has 21 heavy (non-hydrogen) atoms. The molecule has 1 aromatic carbocycles. The van der Waals surface area contributed by atoms with Crippen molar-refractivity contribution in [1.29, 1.82) is 0 Å². The van der Waals surface area contributed by atoms with Gasteiger partial charge in [0.15, 0.2) is 17.5 Å². The normalized spacial score (nSPS) is 27.2. The van der Waals surface area contributed by atoms with Crippen LogP contribution in [0.2, 0.25) is 0 Å². The number of rotatable bonds is 2. The van der Waals surface area contributed by atoms with E-state index in [1.165, 1.54) is 19.3 Å². The Morgan fingerprint density at radius 1 is 1.10 bits per heavy atom. The van der Waals surface area contributed by atoms with Crippen LogP contribution in [-0.4, -0.2) is 31.1 Å². The van der Waals surface area contributed by atoms with Gasteiger partial charge in [0, 0.05) is 19.6 Å². The van der Waals surface area contributed by atoms with E-state index in [0.717, 1.165) is 44.7 Å². The van der Waals surface area contributed by atoms with Crippen molar-refractivity contribution in [1.82, 2.24) is 10.2 Å². The molecular weight excluding hydrogens is 277 g/mol. The van der Waals surface area contributed by atoms with Crippen LogP contribution in [0.4, 0.5) is 13.2 Å². The highest BCUT2D eigenvalue weighted by atomic mass is 19.2. The van der Waals surface area contributed by atoms with Gasteiger partial charge >= 0.3 is 0 Å². The molecule has 0 amide bonds. The highest BCUT2D eigenvalue weighted by Gasteiger charge is 2.36. The molecule has 1 aromatic rings. The Morgan fingerprint density at radius 3 is 2.48 bits per heavy atom. The zero-order chi connectivity index (χ0) is 14.9. The maximum Gasteiger partial charge on any atom is 0.194 e. The van der Waals surface area contributed by atoms with E-state index in [2.05, 4.69) is 10.2 Å². The van der Waals surface area contributed by atoms with Crippen molar-refractivity contribution in [3.8, 4) is 0 Å². The van der Waals surface area contributed by atoms with E-state index < -0.39 is 17.5 Å². The maximum atomic E-state index is 13.3. The van der Waals surface area contributed by atoms with E-state index in [1.54, 1.807) is 0 Å². The Bertz CT molecular complexity index is 484. The summed E-state index contributed by atoms with van der Waals surface area (Å²) in [6, 6.07) is 2.22. The molecule has 1 spiro atoms. The Hall–Kier alpha value is -1.07. The van der Waals surface area contributed by atoms with E-state index in [1.807, 2.05) is 0 Å². The lowest BCUT2D eigenvalue weighted by molar-refractivity contribution is 0.0599. The van der Waals surface area contributed by atoms with Gasteiger partial charge in [0.2, 0.25) is 0 Å². The van der Waals surface area contributed by atoms with Gasteiger partial charge in [-0.3, -0.25) is 4.90 Å². The van der Waals surface area contributed by atoms with Crippen LogP contribution in [0.3, 0.4) is 0 Å². The van der Waals surface area contributed by atoms with Crippen LogP contribution in [0.5, 0.6) is 0 Å². The molecule has 2 heterocycles. The molecule has 0 saturated carbocycles. The standard InChI is InChI=1S/C16H21F3N2/c17-13-7-12(8-14(18)15(13)19)9-21-6-2-4-16(11-21)3-1-5-20-10-16/h7-8,20H,1-6,9-11H2. The summed E-state index contributed by atoms with van der Waals surface area (Å²) in [5.74, 6) is -3.59. The van der Waals surface area contributed by atoms with Gasteiger partial charge in [0.25, 0.3) is 0 Å². The van der Waals surface area contributed by atoms with Crippen molar-refractivity contribution >= 4 is 0 Å². The molecule has 116 valence electrons. The van der Waals surface area contributed by atoms with Crippen LogP contribution in [0.1, 0.15) is 31.2 Å². The highest BCUT2D eigenvalue weighted by molar-refractivity contribution is 5.19. The smallest absolute Gasteiger partial charge is 0.194 e.